The molecule has 0 bridgehead atoms. The van der Waals surface area contributed by atoms with Crippen molar-refractivity contribution in [2.45, 2.75) is 0 Å². The Morgan fingerprint density at radius 3 is 2.36 bits per heavy atom. The van der Waals surface area contributed by atoms with Crippen LogP contribution in [0.5, 0.6) is 11.5 Å². The van der Waals surface area contributed by atoms with Crippen LogP contribution in [0.25, 0.3) is 6.08 Å². The summed E-state index contributed by atoms with van der Waals surface area (Å²) in [7, 11) is 1.59. The largest absolute Gasteiger partial charge is 0.506 e. The lowest BCUT2D eigenvalue weighted by molar-refractivity contribution is -0.113. The number of phenolic OH excluding ortho intramolecular Hbond substituents is 1. The summed E-state index contributed by atoms with van der Waals surface area (Å²) in [5, 5.41) is 9.79. The molecular formula is C17H11Br2NO3S2. The van der Waals surface area contributed by atoms with Crippen molar-refractivity contribution in [1.82, 2.24) is 0 Å². The molecule has 2 aromatic carbocycles. The van der Waals surface area contributed by atoms with E-state index in [2.05, 4.69) is 31.9 Å². The number of hydrogen-bond acceptors (Lipinski definition) is 5. The Morgan fingerprint density at radius 1 is 1.20 bits per heavy atom. The lowest BCUT2D eigenvalue weighted by atomic mass is 10.2. The Kier molecular flexibility index (Phi) is 5.52. The molecule has 8 heteroatoms. The predicted octanol–water partition coefficient (Wildman–Crippen LogP) is 5.33. The van der Waals surface area contributed by atoms with Gasteiger partial charge in [0.05, 0.1) is 26.6 Å². The zero-order chi connectivity index (χ0) is 18.1. The number of rotatable bonds is 3. The van der Waals surface area contributed by atoms with Crippen molar-refractivity contribution < 1.29 is 14.6 Å². The number of methoxy groups -OCH3 is 1. The fourth-order valence-corrected chi connectivity index (χ4v) is 4.76. The monoisotopic (exact) mass is 499 g/mol. The maximum atomic E-state index is 12.8. The number of thiocarbonyl (C=S) groups is 1. The second-order valence-corrected chi connectivity index (χ2v) is 8.43. The van der Waals surface area contributed by atoms with Crippen LogP contribution in [0.1, 0.15) is 5.56 Å². The average molecular weight is 501 g/mol. The van der Waals surface area contributed by atoms with E-state index in [0.29, 0.717) is 29.6 Å². The second-order valence-electron chi connectivity index (χ2n) is 5.05. The van der Waals surface area contributed by atoms with Gasteiger partial charge in [-0.25, -0.2) is 0 Å². The van der Waals surface area contributed by atoms with Gasteiger partial charge in [-0.05, 0) is 79.9 Å². The van der Waals surface area contributed by atoms with E-state index < -0.39 is 0 Å². The average Bonchev–Trinajstić information content (AvgIpc) is 2.86. The van der Waals surface area contributed by atoms with Gasteiger partial charge in [0.1, 0.15) is 11.5 Å². The summed E-state index contributed by atoms with van der Waals surface area (Å²) in [5.74, 6) is 0.645. The van der Waals surface area contributed by atoms with Gasteiger partial charge in [-0.2, -0.15) is 0 Å². The maximum absolute atomic E-state index is 12.8. The number of aromatic hydroxyl groups is 1. The zero-order valence-corrected chi connectivity index (χ0v) is 17.6. The number of anilines is 1. The zero-order valence-electron chi connectivity index (χ0n) is 12.8. The van der Waals surface area contributed by atoms with E-state index in [9.17, 15) is 9.90 Å². The molecule has 25 heavy (non-hydrogen) atoms. The number of nitrogens with zero attached hydrogens (tertiary/aromatic N) is 1. The third-order valence-electron chi connectivity index (χ3n) is 3.46. The number of ether oxygens (including phenoxy) is 1. The Hall–Kier alpha value is -1.35. The molecule has 128 valence electrons. The summed E-state index contributed by atoms with van der Waals surface area (Å²) in [6, 6.07) is 10.6. The van der Waals surface area contributed by atoms with Gasteiger partial charge in [-0.15, -0.1) is 0 Å². The normalized spacial score (nSPS) is 16.0. The SMILES string of the molecule is COc1ccc(N2C(=O)C(=Cc3cc(Br)c(O)c(Br)c3)SC2=S)cc1. The van der Waals surface area contributed by atoms with Gasteiger partial charge in [-0.3, -0.25) is 9.69 Å². The van der Waals surface area contributed by atoms with E-state index in [0.717, 1.165) is 5.56 Å². The van der Waals surface area contributed by atoms with E-state index in [1.807, 2.05) is 0 Å². The van der Waals surface area contributed by atoms with Crippen LogP contribution in [0.2, 0.25) is 0 Å². The quantitative estimate of drug-likeness (QED) is 0.455. The molecule has 3 rings (SSSR count). The van der Waals surface area contributed by atoms with Crippen molar-refractivity contribution in [3.05, 3.63) is 55.8 Å². The van der Waals surface area contributed by atoms with E-state index in [-0.39, 0.29) is 11.7 Å². The Morgan fingerprint density at radius 2 is 1.80 bits per heavy atom. The summed E-state index contributed by atoms with van der Waals surface area (Å²) in [6.45, 7) is 0. The van der Waals surface area contributed by atoms with Crippen molar-refractivity contribution in [2.24, 2.45) is 0 Å². The molecule has 1 fully saturated rings. The molecule has 1 N–H and O–H groups in total. The molecule has 0 aliphatic carbocycles. The first-order valence-corrected chi connectivity index (χ1v) is 9.82. The van der Waals surface area contributed by atoms with Crippen molar-refractivity contribution >= 4 is 77.8 Å². The van der Waals surface area contributed by atoms with E-state index >= 15 is 0 Å². The molecule has 1 aliphatic heterocycles. The molecule has 1 heterocycles. The molecule has 0 spiro atoms. The summed E-state index contributed by atoms with van der Waals surface area (Å²) in [4.78, 5) is 14.8. The fourth-order valence-electron chi connectivity index (χ4n) is 2.24. The third-order valence-corrected chi connectivity index (χ3v) is 5.97. The molecule has 0 saturated carbocycles. The number of carbonyl (C=O) groups excluding carboxylic acids is 1. The highest BCUT2D eigenvalue weighted by atomic mass is 79.9. The summed E-state index contributed by atoms with van der Waals surface area (Å²) in [5.41, 5.74) is 1.46. The summed E-state index contributed by atoms with van der Waals surface area (Å²) < 4.78 is 6.69. The number of hydrogen-bond donors (Lipinski definition) is 1. The van der Waals surface area contributed by atoms with Crippen LogP contribution in [-0.2, 0) is 4.79 Å². The van der Waals surface area contributed by atoms with Gasteiger partial charge < -0.3 is 9.84 Å². The molecule has 0 atom stereocenters. The number of benzene rings is 2. The van der Waals surface area contributed by atoms with Crippen molar-refractivity contribution in [2.75, 3.05) is 12.0 Å². The highest BCUT2D eigenvalue weighted by Crippen LogP contribution is 2.38. The first kappa shape index (κ1) is 18.4. The number of halogens is 2. The molecule has 1 aliphatic rings. The summed E-state index contributed by atoms with van der Waals surface area (Å²) in [6.07, 6.45) is 1.75. The van der Waals surface area contributed by atoms with E-state index in [1.54, 1.807) is 49.6 Å². The number of amides is 1. The maximum Gasteiger partial charge on any atom is 0.270 e. The van der Waals surface area contributed by atoms with Crippen LogP contribution in [0.15, 0.2) is 50.2 Å². The number of carbonyl (C=O) groups is 1. The van der Waals surface area contributed by atoms with Crippen molar-refractivity contribution in [3.63, 3.8) is 0 Å². The van der Waals surface area contributed by atoms with E-state index in [1.165, 1.54) is 16.7 Å². The van der Waals surface area contributed by atoms with Crippen LogP contribution in [0.4, 0.5) is 5.69 Å². The first-order valence-electron chi connectivity index (χ1n) is 7.00. The number of thioether (sulfide) groups is 1. The Balaban J connectivity index is 1.92. The Labute approximate surface area is 171 Å². The second kappa shape index (κ2) is 7.49. The van der Waals surface area contributed by atoms with Crippen molar-refractivity contribution in [3.8, 4) is 11.5 Å². The topological polar surface area (TPSA) is 49.8 Å². The first-order chi connectivity index (χ1) is 11.9. The van der Waals surface area contributed by atoms with E-state index in [4.69, 9.17) is 17.0 Å². The number of phenols is 1. The van der Waals surface area contributed by atoms with Crippen LogP contribution in [-0.4, -0.2) is 22.4 Å². The van der Waals surface area contributed by atoms with Crippen LogP contribution < -0.4 is 9.64 Å². The predicted molar refractivity (Wildman–Crippen MR) is 112 cm³/mol. The van der Waals surface area contributed by atoms with Gasteiger partial charge in [0.2, 0.25) is 0 Å². The molecular weight excluding hydrogens is 490 g/mol. The summed E-state index contributed by atoms with van der Waals surface area (Å²) >= 11 is 13.2. The van der Waals surface area contributed by atoms with Crippen LogP contribution >= 0.6 is 55.8 Å². The lowest BCUT2D eigenvalue weighted by Crippen LogP contribution is -2.27. The molecule has 1 saturated heterocycles. The minimum atomic E-state index is -0.180. The molecule has 2 aromatic rings. The van der Waals surface area contributed by atoms with Crippen LogP contribution in [0, 0.1) is 0 Å². The standard InChI is InChI=1S/C17H11Br2NO3S2/c1-23-11-4-2-10(3-5-11)20-16(22)14(25-17(20)24)8-9-6-12(18)15(21)13(19)7-9/h2-8,21H,1H3. The highest BCUT2D eigenvalue weighted by molar-refractivity contribution is 9.11. The molecule has 0 aromatic heterocycles. The molecule has 1 amide bonds. The lowest BCUT2D eigenvalue weighted by Gasteiger charge is -2.14. The van der Waals surface area contributed by atoms with Gasteiger partial charge >= 0.3 is 0 Å². The minimum absolute atomic E-state index is 0.114. The van der Waals surface area contributed by atoms with Gasteiger partial charge in [0, 0.05) is 0 Å². The molecule has 4 nitrogen and oxygen atoms in total. The molecule has 0 radical (unpaired) electrons. The molecule has 0 unspecified atom stereocenters. The third kappa shape index (κ3) is 3.76. The van der Waals surface area contributed by atoms with Gasteiger partial charge in [0.15, 0.2) is 4.32 Å². The van der Waals surface area contributed by atoms with Gasteiger partial charge in [-0.1, -0.05) is 24.0 Å². The van der Waals surface area contributed by atoms with Gasteiger partial charge in [0.25, 0.3) is 5.91 Å². The highest BCUT2D eigenvalue weighted by Gasteiger charge is 2.33. The minimum Gasteiger partial charge on any atom is -0.506 e. The smallest absolute Gasteiger partial charge is 0.270 e. The Bertz CT molecular complexity index is 874. The van der Waals surface area contributed by atoms with Crippen molar-refractivity contribution in [1.29, 1.82) is 0 Å². The van der Waals surface area contributed by atoms with Crippen LogP contribution in [0.3, 0.4) is 0 Å². The fraction of sp³-hybridized carbons (Fsp3) is 0.0588.